The molecule has 4 N–H and O–H groups in total. The van der Waals surface area contributed by atoms with Crippen LogP contribution in [0.15, 0.2) is 42.5 Å². The largest absolute Gasteiger partial charge is 0.399 e. The van der Waals surface area contributed by atoms with Gasteiger partial charge in [-0.15, -0.1) is 0 Å². The molecule has 0 saturated carbocycles. The van der Waals surface area contributed by atoms with Crippen LogP contribution in [0.3, 0.4) is 0 Å². The summed E-state index contributed by atoms with van der Waals surface area (Å²) in [5.41, 5.74) is 17.1. The molecule has 0 aliphatic carbocycles. The van der Waals surface area contributed by atoms with Crippen molar-refractivity contribution in [1.82, 2.24) is 0 Å². The van der Waals surface area contributed by atoms with Crippen molar-refractivity contribution in [3.63, 3.8) is 0 Å². The number of nitrogen functional groups attached to an aromatic ring is 2. The molecule has 0 saturated heterocycles. The number of nitrogens with zero attached hydrogens (tertiary/aromatic N) is 1. The Bertz CT molecular complexity index is 578. The molecule has 0 spiro atoms. The Labute approximate surface area is 107 Å². The quantitative estimate of drug-likeness (QED) is 0.791. The summed E-state index contributed by atoms with van der Waals surface area (Å²) in [6.45, 7) is 1.91. The van der Waals surface area contributed by atoms with Crippen LogP contribution < -0.4 is 16.4 Å². The smallest absolute Gasteiger partial charge is 0.0450 e. The molecule has 0 bridgehead atoms. The fourth-order valence-corrected chi connectivity index (χ4v) is 2.53. The Hall–Kier alpha value is -2.16. The molecular weight excluding hydrogens is 222 g/mol. The van der Waals surface area contributed by atoms with Crippen molar-refractivity contribution >= 4 is 17.1 Å². The monoisotopic (exact) mass is 239 g/mol. The Morgan fingerprint density at radius 1 is 1.06 bits per heavy atom. The lowest BCUT2D eigenvalue weighted by molar-refractivity contribution is 0.838. The van der Waals surface area contributed by atoms with Crippen LogP contribution in [0.25, 0.3) is 0 Å². The molecule has 2 aromatic rings. The van der Waals surface area contributed by atoms with Gasteiger partial charge in [-0.3, -0.25) is 0 Å². The van der Waals surface area contributed by atoms with Crippen LogP contribution in [0.4, 0.5) is 17.1 Å². The Morgan fingerprint density at radius 3 is 2.72 bits per heavy atom. The molecule has 92 valence electrons. The van der Waals surface area contributed by atoms with Gasteiger partial charge in [-0.1, -0.05) is 24.3 Å². The highest BCUT2D eigenvalue weighted by molar-refractivity contribution is 5.61. The van der Waals surface area contributed by atoms with Gasteiger partial charge in [0.2, 0.25) is 0 Å². The average Bonchev–Trinajstić information content (AvgIpc) is 2.76. The second-order valence-electron chi connectivity index (χ2n) is 4.76. The zero-order valence-electron chi connectivity index (χ0n) is 10.3. The first-order chi connectivity index (χ1) is 8.74. The highest BCUT2D eigenvalue weighted by atomic mass is 15.1. The van der Waals surface area contributed by atoms with Crippen molar-refractivity contribution in [3.8, 4) is 0 Å². The van der Waals surface area contributed by atoms with Crippen LogP contribution in [0.1, 0.15) is 11.1 Å². The summed E-state index contributed by atoms with van der Waals surface area (Å²) in [4.78, 5) is 2.37. The van der Waals surface area contributed by atoms with E-state index in [-0.39, 0.29) is 0 Å². The van der Waals surface area contributed by atoms with E-state index in [9.17, 15) is 0 Å². The van der Waals surface area contributed by atoms with E-state index < -0.39 is 0 Å². The van der Waals surface area contributed by atoms with Gasteiger partial charge in [-0.05, 0) is 35.7 Å². The lowest BCUT2D eigenvalue weighted by Crippen LogP contribution is -2.20. The molecule has 0 unspecified atom stereocenters. The number of hydrogen-bond donors (Lipinski definition) is 2. The predicted molar refractivity (Wildman–Crippen MR) is 76.5 cm³/mol. The number of rotatable bonds is 2. The van der Waals surface area contributed by atoms with Crippen LogP contribution in [0, 0.1) is 0 Å². The van der Waals surface area contributed by atoms with E-state index >= 15 is 0 Å². The first-order valence-electron chi connectivity index (χ1n) is 6.21. The minimum Gasteiger partial charge on any atom is -0.399 e. The zero-order chi connectivity index (χ0) is 12.5. The summed E-state index contributed by atoms with van der Waals surface area (Å²) in [7, 11) is 0. The van der Waals surface area contributed by atoms with Gasteiger partial charge in [-0.2, -0.15) is 0 Å². The van der Waals surface area contributed by atoms with E-state index in [0.29, 0.717) is 0 Å². The molecule has 0 atom stereocenters. The van der Waals surface area contributed by atoms with E-state index in [1.165, 1.54) is 11.3 Å². The van der Waals surface area contributed by atoms with Crippen molar-refractivity contribution in [2.75, 3.05) is 22.9 Å². The molecule has 3 nitrogen and oxygen atoms in total. The first kappa shape index (κ1) is 11.0. The minimum absolute atomic E-state index is 0.720. The maximum Gasteiger partial charge on any atom is 0.0450 e. The van der Waals surface area contributed by atoms with E-state index in [4.69, 9.17) is 11.5 Å². The standard InChI is InChI=1S/C15H17N3/c16-13-6-5-12(14(17)9-13)10-18-8-7-11-3-1-2-4-15(11)18/h1-6,9H,7-8,10,16-17H2. The normalized spacial score (nSPS) is 13.7. The van der Waals surface area contributed by atoms with Crippen LogP contribution in [0.5, 0.6) is 0 Å². The molecule has 2 aromatic carbocycles. The van der Waals surface area contributed by atoms with Gasteiger partial charge in [-0.25, -0.2) is 0 Å². The molecule has 0 fully saturated rings. The highest BCUT2D eigenvalue weighted by Gasteiger charge is 2.18. The molecule has 1 aliphatic heterocycles. The van der Waals surface area contributed by atoms with Gasteiger partial charge in [0.25, 0.3) is 0 Å². The highest BCUT2D eigenvalue weighted by Crippen LogP contribution is 2.30. The van der Waals surface area contributed by atoms with Gasteiger partial charge >= 0.3 is 0 Å². The Morgan fingerprint density at radius 2 is 1.89 bits per heavy atom. The van der Waals surface area contributed by atoms with Crippen molar-refractivity contribution in [2.24, 2.45) is 0 Å². The summed E-state index contributed by atoms with van der Waals surface area (Å²) in [5, 5.41) is 0. The average molecular weight is 239 g/mol. The van der Waals surface area contributed by atoms with Gasteiger partial charge < -0.3 is 16.4 Å². The van der Waals surface area contributed by atoms with E-state index in [1.807, 2.05) is 18.2 Å². The maximum atomic E-state index is 6.01. The fraction of sp³-hybridized carbons (Fsp3) is 0.200. The van der Waals surface area contributed by atoms with Gasteiger partial charge in [0, 0.05) is 30.2 Å². The number of benzene rings is 2. The summed E-state index contributed by atoms with van der Waals surface area (Å²) in [5.74, 6) is 0. The zero-order valence-corrected chi connectivity index (χ0v) is 10.3. The molecule has 0 radical (unpaired) electrons. The van der Waals surface area contributed by atoms with Gasteiger partial charge in [0.1, 0.15) is 0 Å². The third-order valence-electron chi connectivity index (χ3n) is 3.51. The molecule has 0 amide bonds. The molecule has 1 aliphatic rings. The number of para-hydroxylation sites is 1. The molecular formula is C15H17N3. The predicted octanol–water partition coefficient (Wildman–Crippen LogP) is 2.41. The lowest BCUT2D eigenvalue weighted by atomic mass is 10.1. The van der Waals surface area contributed by atoms with E-state index in [0.717, 1.165) is 36.4 Å². The van der Waals surface area contributed by atoms with Crippen molar-refractivity contribution in [3.05, 3.63) is 53.6 Å². The molecule has 0 aromatic heterocycles. The number of nitrogens with two attached hydrogens (primary N) is 2. The third kappa shape index (κ3) is 1.88. The van der Waals surface area contributed by atoms with Crippen LogP contribution in [-0.2, 0) is 13.0 Å². The molecule has 3 heteroatoms. The maximum absolute atomic E-state index is 6.01. The minimum atomic E-state index is 0.720. The topological polar surface area (TPSA) is 55.3 Å². The van der Waals surface area contributed by atoms with Gasteiger partial charge in [0.15, 0.2) is 0 Å². The third-order valence-corrected chi connectivity index (χ3v) is 3.51. The lowest BCUT2D eigenvalue weighted by Gasteiger charge is -2.20. The number of fused-ring (bicyclic) bond motifs is 1. The van der Waals surface area contributed by atoms with Crippen LogP contribution in [-0.4, -0.2) is 6.54 Å². The Balaban J connectivity index is 1.86. The summed E-state index contributed by atoms with van der Waals surface area (Å²) in [6, 6.07) is 14.3. The van der Waals surface area contributed by atoms with Crippen molar-refractivity contribution in [1.29, 1.82) is 0 Å². The second-order valence-corrected chi connectivity index (χ2v) is 4.76. The van der Waals surface area contributed by atoms with Crippen molar-refractivity contribution < 1.29 is 0 Å². The first-order valence-corrected chi connectivity index (χ1v) is 6.21. The van der Waals surface area contributed by atoms with Gasteiger partial charge in [0.05, 0.1) is 0 Å². The van der Waals surface area contributed by atoms with Crippen LogP contribution in [0.2, 0.25) is 0 Å². The molecule has 18 heavy (non-hydrogen) atoms. The van der Waals surface area contributed by atoms with Crippen LogP contribution >= 0.6 is 0 Å². The number of anilines is 3. The van der Waals surface area contributed by atoms with E-state index in [2.05, 4.69) is 29.2 Å². The SMILES string of the molecule is Nc1ccc(CN2CCc3ccccc32)c(N)c1. The number of hydrogen-bond acceptors (Lipinski definition) is 3. The second kappa shape index (κ2) is 4.26. The summed E-state index contributed by atoms with van der Waals surface area (Å²) >= 11 is 0. The summed E-state index contributed by atoms with van der Waals surface area (Å²) in [6.07, 6.45) is 1.12. The summed E-state index contributed by atoms with van der Waals surface area (Å²) < 4.78 is 0. The van der Waals surface area contributed by atoms with E-state index in [1.54, 1.807) is 0 Å². The Kier molecular flexibility index (Phi) is 2.59. The fourth-order valence-electron chi connectivity index (χ4n) is 2.53. The molecule has 3 rings (SSSR count). The molecule has 1 heterocycles. The van der Waals surface area contributed by atoms with Crippen molar-refractivity contribution in [2.45, 2.75) is 13.0 Å².